The molecule has 5 nitrogen and oxygen atoms in total. The molecule has 0 saturated carbocycles. The van der Waals surface area contributed by atoms with Crippen LogP contribution in [-0.4, -0.2) is 53.4 Å². The van der Waals surface area contributed by atoms with Crippen molar-refractivity contribution in [1.82, 2.24) is 9.88 Å². The quantitative estimate of drug-likeness (QED) is 0.652. The molecule has 0 radical (unpaired) electrons. The summed E-state index contributed by atoms with van der Waals surface area (Å²) in [4.78, 5) is 6.31. The van der Waals surface area contributed by atoms with Gasteiger partial charge >= 0.3 is 0 Å². The van der Waals surface area contributed by atoms with E-state index in [1.807, 2.05) is 36.4 Å². The summed E-state index contributed by atoms with van der Waals surface area (Å²) in [6, 6.07) is 11.3. The standard InChI is InChI=1S/C22H24N2O3/c25-22(17-24-12-8-19(22)9-13-24)10-7-18-3-5-20(6-4-18)26-14-15-27-21-2-1-11-23-16-21/h1-6,11,16,19,25H,8-9,12-15,17H2. The highest BCUT2D eigenvalue weighted by Crippen LogP contribution is 2.35. The van der Waals surface area contributed by atoms with Gasteiger partial charge in [0, 0.05) is 24.2 Å². The number of piperidine rings is 3. The second-order valence-corrected chi connectivity index (χ2v) is 7.13. The molecule has 3 fully saturated rings. The zero-order valence-corrected chi connectivity index (χ0v) is 15.3. The topological polar surface area (TPSA) is 54.8 Å². The van der Waals surface area contributed by atoms with Gasteiger partial charge in [0.05, 0.1) is 6.20 Å². The van der Waals surface area contributed by atoms with Gasteiger partial charge in [-0.25, -0.2) is 0 Å². The lowest BCUT2D eigenvalue weighted by atomic mass is 9.76. The average Bonchev–Trinajstić information content (AvgIpc) is 2.72. The number of ether oxygens (including phenoxy) is 2. The van der Waals surface area contributed by atoms with Crippen LogP contribution in [0.5, 0.6) is 11.5 Å². The van der Waals surface area contributed by atoms with Gasteiger partial charge in [0.2, 0.25) is 0 Å². The first-order chi connectivity index (χ1) is 13.2. The van der Waals surface area contributed by atoms with Crippen LogP contribution in [0, 0.1) is 17.8 Å². The number of rotatable bonds is 5. The number of aromatic nitrogens is 1. The summed E-state index contributed by atoms with van der Waals surface area (Å²) in [7, 11) is 0. The van der Waals surface area contributed by atoms with E-state index in [9.17, 15) is 5.11 Å². The Morgan fingerprint density at radius 2 is 1.81 bits per heavy atom. The van der Waals surface area contributed by atoms with Crippen molar-refractivity contribution in [3.63, 3.8) is 0 Å². The summed E-state index contributed by atoms with van der Waals surface area (Å²) >= 11 is 0. The SMILES string of the molecule is OC1(C#Cc2ccc(OCCOc3cccnc3)cc2)CN2CCC1CC2. The van der Waals surface area contributed by atoms with Gasteiger partial charge < -0.3 is 14.6 Å². The Labute approximate surface area is 159 Å². The Balaban J connectivity index is 1.28. The third-order valence-corrected chi connectivity index (χ3v) is 5.26. The van der Waals surface area contributed by atoms with Gasteiger partial charge in [-0.1, -0.05) is 11.8 Å². The lowest BCUT2D eigenvalue weighted by Gasteiger charge is -2.47. The molecule has 3 saturated heterocycles. The normalized spacial score (nSPS) is 26.1. The Kier molecular flexibility index (Phi) is 5.28. The Morgan fingerprint density at radius 1 is 1.07 bits per heavy atom. The first kappa shape index (κ1) is 17.8. The van der Waals surface area contributed by atoms with E-state index in [-0.39, 0.29) is 0 Å². The van der Waals surface area contributed by atoms with Crippen LogP contribution in [0.1, 0.15) is 18.4 Å². The second kappa shape index (κ2) is 7.99. The van der Waals surface area contributed by atoms with E-state index in [4.69, 9.17) is 9.47 Å². The molecule has 0 aliphatic carbocycles. The molecule has 0 amide bonds. The second-order valence-electron chi connectivity index (χ2n) is 7.13. The van der Waals surface area contributed by atoms with Crippen LogP contribution in [-0.2, 0) is 0 Å². The maximum absolute atomic E-state index is 10.9. The molecule has 2 bridgehead atoms. The van der Waals surface area contributed by atoms with E-state index in [2.05, 4.69) is 21.7 Å². The molecule has 5 rings (SSSR count). The monoisotopic (exact) mass is 364 g/mol. The van der Waals surface area contributed by atoms with Crippen LogP contribution in [0.4, 0.5) is 0 Å². The number of pyridine rings is 1. The van der Waals surface area contributed by atoms with Crippen LogP contribution in [0.2, 0.25) is 0 Å². The molecule has 3 aliphatic rings. The first-order valence-corrected chi connectivity index (χ1v) is 9.45. The third-order valence-electron chi connectivity index (χ3n) is 5.26. The predicted molar refractivity (Wildman–Crippen MR) is 103 cm³/mol. The minimum Gasteiger partial charge on any atom is -0.490 e. The van der Waals surface area contributed by atoms with Crippen molar-refractivity contribution < 1.29 is 14.6 Å². The summed E-state index contributed by atoms with van der Waals surface area (Å²) in [5.74, 6) is 8.09. The van der Waals surface area contributed by atoms with Gasteiger partial charge in [0.25, 0.3) is 0 Å². The van der Waals surface area contributed by atoms with Gasteiger partial charge in [-0.3, -0.25) is 9.88 Å². The molecule has 4 heterocycles. The summed E-state index contributed by atoms with van der Waals surface area (Å²) in [6.07, 6.45) is 5.47. The van der Waals surface area contributed by atoms with E-state index >= 15 is 0 Å². The minimum absolute atomic E-state index is 0.303. The van der Waals surface area contributed by atoms with Crippen molar-refractivity contribution in [2.24, 2.45) is 5.92 Å². The molecular weight excluding hydrogens is 340 g/mol. The molecule has 1 aromatic heterocycles. The van der Waals surface area contributed by atoms with Crippen molar-refractivity contribution in [3.8, 4) is 23.3 Å². The van der Waals surface area contributed by atoms with Gasteiger partial charge in [-0.2, -0.15) is 0 Å². The fourth-order valence-electron chi connectivity index (χ4n) is 3.75. The Morgan fingerprint density at radius 3 is 2.44 bits per heavy atom. The van der Waals surface area contributed by atoms with Gasteiger partial charge in [-0.05, 0) is 62.3 Å². The third kappa shape index (κ3) is 4.41. The van der Waals surface area contributed by atoms with Gasteiger partial charge in [0.15, 0.2) is 0 Å². The van der Waals surface area contributed by atoms with Crippen molar-refractivity contribution in [1.29, 1.82) is 0 Å². The molecule has 1 atom stereocenters. The van der Waals surface area contributed by atoms with E-state index in [0.29, 0.717) is 25.7 Å². The largest absolute Gasteiger partial charge is 0.490 e. The number of hydrogen-bond acceptors (Lipinski definition) is 5. The highest BCUT2D eigenvalue weighted by Gasteiger charge is 2.44. The molecule has 2 aromatic rings. The Hall–Kier alpha value is -2.55. The number of aliphatic hydroxyl groups is 1. The van der Waals surface area contributed by atoms with Gasteiger partial charge in [0.1, 0.15) is 30.3 Å². The van der Waals surface area contributed by atoms with Crippen LogP contribution in [0.15, 0.2) is 48.8 Å². The van der Waals surface area contributed by atoms with E-state index in [0.717, 1.165) is 43.0 Å². The summed E-state index contributed by atoms with van der Waals surface area (Å²) in [6.45, 7) is 3.76. The fourth-order valence-corrected chi connectivity index (χ4v) is 3.75. The van der Waals surface area contributed by atoms with Crippen molar-refractivity contribution in [3.05, 3.63) is 54.4 Å². The summed E-state index contributed by atoms with van der Waals surface area (Å²) in [5.41, 5.74) is 0.0220. The highest BCUT2D eigenvalue weighted by molar-refractivity contribution is 5.40. The molecule has 1 N–H and O–H groups in total. The number of benzene rings is 1. The number of nitrogens with zero attached hydrogens (tertiary/aromatic N) is 2. The minimum atomic E-state index is -0.866. The zero-order chi connectivity index (χ0) is 18.5. The molecular formula is C22H24N2O3. The van der Waals surface area contributed by atoms with Crippen molar-refractivity contribution >= 4 is 0 Å². The maximum Gasteiger partial charge on any atom is 0.141 e. The number of hydrogen-bond donors (Lipinski definition) is 1. The molecule has 1 aromatic carbocycles. The molecule has 27 heavy (non-hydrogen) atoms. The van der Waals surface area contributed by atoms with Crippen LogP contribution < -0.4 is 9.47 Å². The van der Waals surface area contributed by atoms with Crippen LogP contribution in [0.3, 0.4) is 0 Å². The van der Waals surface area contributed by atoms with Crippen LogP contribution >= 0.6 is 0 Å². The first-order valence-electron chi connectivity index (χ1n) is 9.45. The van der Waals surface area contributed by atoms with Crippen LogP contribution in [0.25, 0.3) is 0 Å². The van der Waals surface area contributed by atoms with E-state index in [1.54, 1.807) is 12.4 Å². The molecule has 140 valence electrons. The molecule has 5 heteroatoms. The molecule has 1 unspecified atom stereocenters. The Bertz CT molecular complexity index is 805. The smallest absolute Gasteiger partial charge is 0.141 e. The fraction of sp³-hybridized carbons (Fsp3) is 0.409. The van der Waals surface area contributed by atoms with E-state index < -0.39 is 5.60 Å². The number of fused-ring (bicyclic) bond motifs is 3. The summed E-state index contributed by atoms with van der Waals surface area (Å²) < 4.78 is 11.2. The average molecular weight is 364 g/mol. The van der Waals surface area contributed by atoms with E-state index in [1.165, 1.54) is 0 Å². The lowest BCUT2D eigenvalue weighted by molar-refractivity contribution is -0.0713. The maximum atomic E-state index is 10.9. The van der Waals surface area contributed by atoms with Crippen molar-refractivity contribution in [2.75, 3.05) is 32.8 Å². The van der Waals surface area contributed by atoms with Gasteiger partial charge in [-0.15, -0.1) is 0 Å². The zero-order valence-electron chi connectivity index (χ0n) is 15.3. The predicted octanol–water partition coefficient (Wildman–Crippen LogP) is 2.35. The highest BCUT2D eigenvalue weighted by atomic mass is 16.5. The molecule has 0 spiro atoms. The lowest BCUT2D eigenvalue weighted by Crippen LogP contribution is -2.58. The summed E-state index contributed by atoms with van der Waals surface area (Å²) in [5, 5.41) is 10.9. The van der Waals surface area contributed by atoms with Crippen molar-refractivity contribution in [2.45, 2.75) is 18.4 Å². The molecule has 3 aliphatic heterocycles.